The number of anilines is 1. The highest BCUT2D eigenvalue weighted by atomic mass is 19.1. The molecule has 1 aromatic carbocycles. The number of halogens is 2. The minimum Gasteiger partial charge on any atom is -0.369 e. The molecule has 2 heterocycles. The number of carbonyl (C=O) groups excluding carboxylic acids is 1. The van der Waals surface area contributed by atoms with Gasteiger partial charge in [0.15, 0.2) is 5.96 Å². The van der Waals surface area contributed by atoms with Crippen molar-refractivity contribution in [3.05, 3.63) is 29.8 Å². The summed E-state index contributed by atoms with van der Waals surface area (Å²) in [5.74, 6) is -0.623. The van der Waals surface area contributed by atoms with Gasteiger partial charge in [0, 0.05) is 39.3 Å². The maximum absolute atomic E-state index is 14.0. The smallest absolute Gasteiger partial charge is 0.221 e. The molecular formula is C21H32F2N6O. The van der Waals surface area contributed by atoms with Crippen molar-refractivity contribution in [1.82, 2.24) is 15.5 Å². The Morgan fingerprint density at radius 1 is 1.23 bits per heavy atom. The molecule has 30 heavy (non-hydrogen) atoms. The van der Waals surface area contributed by atoms with E-state index in [1.807, 2.05) is 0 Å². The molecule has 0 bridgehead atoms. The van der Waals surface area contributed by atoms with E-state index in [2.05, 4.69) is 20.5 Å². The number of aliphatic imine (C=N–C) groups is 1. The van der Waals surface area contributed by atoms with Crippen molar-refractivity contribution in [3.8, 4) is 0 Å². The fourth-order valence-corrected chi connectivity index (χ4v) is 4.26. The Morgan fingerprint density at radius 2 is 2.00 bits per heavy atom. The largest absolute Gasteiger partial charge is 0.369 e. The van der Waals surface area contributed by atoms with Crippen molar-refractivity contribution in [2.45, 2.75) is 31.7 Å². The van der Waals surface area contributed by atoms with Crippen LogP contribution in [0, 0.1) is 17.6 Å². The summed E-state index contributed by atoms with van der Waals surface area (Å²) in [5.41, 5.74) is 5.48. The van der Waals surface area contributed by atoms with Crippen molar-refractivity contribution >= 4 is 17.6 Å². The van der Waals surface area contributed by atoms with Crippen LogP contribution in [-0.2, 0) is 4.79 Å². The fraction of sp³-hybridized carbons (Fsp3) is 0.619. The van der Waals surface area contributed by atoms with E-state index in [1.54, 1.807) is 11.9 Å². The molecule has 2 atom stereocenters. The van der Waals surface area contributed by atoms with Crippen LogP contribution in [0.3, 0.4) is 0 Å². The zero-order valence-electron chi connectivity index (χ0n) is 17.5. The molecule has 9 heteroatoms. The number of likely N-dealkylation sites (tertiary alicyclic amines) is 1. The van der Waals surface area contributed by atoms with Crippen LogP contribution in [0.2, 0.25) is 0 Å². The van der Waals surface area contributed by atoms with E-state index in [1.165, 1.54) is 18.2 Å². The molecule has 1 amide bonds. The van der Waals surface area contributed by atoms with Gasteiger partial charge >= 0.3 is 0 Å². The van der Waals surface area contributed by atoms with Crippen LogP contribution in [-0.4, -0.2) is 69.1 Å². The van der Waals surface area contributed by atoms with Crippen LogP contribution in [0.25, 0.3) is 0 Å². The number of para-hydroxylation sites is 1. The van der Waals surface area contributed by atoms with Gasteiger partial charge in [-0.15, -0.1) is 0 Å². The van der Waals surface area contributed by atoms with Gasteiger partial charge in [-0.2, -0.15) is 0 Å². The van der Waals surface area contributed by atoms with Gasteiger partial charge in [-0.1, -0.05) is 6.07 Å². The van der Waals surface area contributed by atoms with Gasteiger partial charge in [0.05, 0.1) is 5.92 Å². The number of nitrogens with zero attached hydrogens (tertiary/aromatic N) is 3. The second-order valence-electron chi connectivity index (χ2n) is 8.04. The first-order valence-electron chi connectivity index (χ1n) is 10.7. The fourth-order valence-electron chi connectivity index (χ4n) is 4.26. The summed E-state index contributed by atoms with van der Waals surface area (Å²) >= 11 is 0. The van der Waals surface area contributed by atoms with E-state index in [9.17, 15) is 13.6 Å². The molecule has 7 nitrogen and oxygen atoms in total. The molecule has 2 saturated heterocycles. The van der Waals surface area contributed by atoms with Crippen molar-refractivity contribution in [1.29, 1.82) is 0 Å². The zero-order chi connectivity index (χ0) is 21.5. The number of nitrogens with two attached hydrogens (primary N) is 1. The lowest BCUT2D eigenvalue weighted by atomic mass is 9.97. The Morgan fingerprint density at radius 3 is 2.70 bits per heavy atom. The summed E-state index contributed by atoms with van der Waals surface area (Å²) in [7, 11) is 1.71. The van der Waals surface area contributed by atoms with Gasteiger partial charge in [0.1, 0.15) is 17.3 Å². The topological polar surface area (TPSA) is 86.0 Å². The molecule has 166 valence electrons. The Labute approximate surface area is 176 Å². The number of primary amides is 1. The van der Waals surface area contributed by atoms with E-state index in [0.717, 1.165) is 51.9 Å². The first-order valence-corrected chi connectivity index (χ1v) is 10.7. The number of guanidine groups is 1. The third-order valence-electron chi connectivity index (χ3n) is 5.86. The van der Waals surface area contributed by atoms with Crippen LogP contribution in [0.4, 0.5) is 14.5 Å². The van der Waals surface area contributed by atoms with Crippen LogP contribution in [0.1, 0.15) is 25.7 Å². The lowest BCUT2D eigenvalue weighted by molar-refractivity contribution is -0.123. The molecule has 0 radical (unpaired) electrons. The lowest BCUT2D eigenvalue weighted by Crippen LogP contribution is -2.46. The van der Waals surface area contributed by atoms with Gasteiger partial charge in [-0.3, -0.25) is 9.79 Å². The second kappa shape index (κ2) is 10.6. The molecule has 2 aliphatic rings. The van der Waals surface area contributed by atoms with E-state index in [4.69, 9.17) is 5.73 Å². The summed E-state index contributed by atoms with van der Waals surface area (Å²) in [4.78, 5) is 19.7. The maximum Gasteiger partial charge on any atom is 0.221 e. The molecule has 2 unspecified atom stereocenters. The average molecular weight is 423 g/mol. The van der Waals surface area contributed by atoms with Gasteiger partial charge in [-0.25, -0.2) is 8.78 Å². The van der Waals surface area contributed by atoms with Gasteiger partial charge < -0.3 is 26.2 Å². The second-order valence-corrected chi connectivity index (χ2v) is 8.04. The number of amides is 1. The van der Waals surface area contributed by atoms with Crippen molar-refractivity contribution < 1.29 is 13.6 Å². The molecule has 0 aliphatic carbocycles. The first-order chi connectivity index (χ1) is 14.5. The molecule has 0 aromatic heterocycles. The minimum absolute atomic E-state index is 0.0364. The van der Waals surface area contributed by atoms with Crippen molar-refractivity contribution in [2.75, 3.05) is 51.2 Å². The number of nitrogens with one attached hydrogen (secondary N) is 2. The molecule has 0 saturated carbocycles. The van der Waals surface area contributed by atoms with E-state index in [-0.39, 0.29) is 23.6 Å². The number of rotatable bonds is 7. The predicted molar refractivity (Wildman–Crippen MR) is 114 cm³/mol. The van der Waals surface area contributed by atoms with Crippen LogP contribution < -0.4 is 21.3 Å². The number of carbonyl (C=O) groups is 1. The average Bonchev–Trinajstić information content (AvgIpc) is 3.18. The summed E-state index contributed by atoms with van der Waals surface area (Å²) < 4.78 is 28.0. The van der Waals surface area contributed by atoms with Crippen LogP contribution >= 0.6 is 0 Å². The quantitative estimate of drug-likeness (QED) is 0.350. The molecular weight excluding hydrogens is 390 g/mol. The van der Waals surface area contributed by atoms with Crippen molar-refractivity contribution in [2.24, 2.45) is 16.6 Å². The Kier molecular flexibility index (Phi) is 7.84. The number of benzene rings is 1. The summed E-state index contributed by atoms with van der Waals surface area (Å²) in [6, 6.07) is 4.01. The molecule has 2 aliphatic heterocycles. The summed E-state index contributed by atoms with van der Waals surface area (Å²) in [6.45, 7) is 4.49. The molecule has 4 N–H and O–H groups in total. The highest BCUT2D eigenvalue weighted by Crippen LogP contribution is 2.26. The van der Waals surface area contributed by atoms with Gasteiger partial charge in [0.2, 0.25) is 5.91 Å². The Balaban J connectivity index is 1.40. The predicted octanol–water partition coefficient (Wildman–Crippen LogP) is 1.30. The maximum atomic E-state index is 14.0. The number of hydrogen-bond acceptors (Lipinski definition) is 4. The molecule has 1 aromatic rings. The van der Waals surface area contributed by atoms with E-state index in [0.29, 0.717) is 19.0 Å². The van der Waals surface area contributed by atoms with Crippen LogP contribution in [0.15, 0.2) is 23.2 Å². The Hall–Kier alpha value is -2.42. The van der Waals surface area contributed by atoms with Crippen molar-refractivity contribution in [3.63, 3.8) is 0 Å². The highest BCUT2D eigenvalue weighted by Gasteiger charge is 2.27. The monoisotopic (exact) mass is 422 g/mol. The minimum atomic E-state index is -0.533. The third-order valence-corrected chi connectivity index (χ3v) is 5.86. The van der Waals surface area contributed by atoms with Crippen LogP contribution in [0.5, 0.6) is 0 Å². The highest BCUT2D eigenvalue weighted by molar-refractivity contribution is 5.80. The summed E-state index contributed by atoms with van der Waals surface area (Å²) in [5, 5.41) is 6.64. The van der Waals surface area contributed by atoms with E-state index >= 15 is 0 Å². The lowest BCUT2D eigenvalue weighted by Gasteiger charge is -2.31. The third kappa shape index (κ3) is 5.81. The summed E-state index contributed by atoms with van der Waals surface area (Å²) in [6.07, 6.45) is 3.58. The number of hydrogen-bond donors (Lipinski definition) is 3. The number of piperidine rings is 1. The molecule has 3 rings (SSSR count). The normalized spacial score (nSPS) is 22.9. The zero-order valence-corrected chi connectivity index (χ0v) is 17.5. The van der Waals surface area contributed by atoms with Gasteiger partial charge in [0.25, 0.3) is 0 Å². The molecule has 0 spiro atoms. The van der Waals surface area contributed by atoms with E-state index < -0.39 is 11.6 Å². The SMILES string of the molecule is CN=C(NCCCN1CCCC(C(N)=O)C1)NC1CCN(c2c(F)cccc2F)C1. The Bertz CT molecular complexity index is 739. The molecule has 2 fully saturated rings. The van der Waals surface area contributed by atoms with Gasteiger partial charge in [-0.05, 0) is 50.9 Å². The first kappa shape index (κ1) is 22.3. The standard InChI is InChI=1S/C21H32F2N6O/c1-25-21(26-9-4-11-28-10-3-5-15(13-28)20(24)30)27-16-8-12-29(14-16)19-17(22)6-2-7-18(19)23/h2,6-7,15-16H,3-5,8-14H2,1H3,(H2,24,30)(H2,25,26,27).